The van der Waals surface area contributed by atoms with Gasteiger partial charge in [-0.05, 0) is 25.1 Å². The Morgan fingerprint density at radius 3 is 2.88 bits per heavy atom. The molecule has 0 amide bonds. The first-order valence-electron chi connectivity index (χ1n) is 5.68. The van der Waals surface area contributed by atoms with E-state index < -0.39 is 0 Å². The summed E-state index contributed by atoms with van der Waals surface area (Å²) in [6, 6.07) is 4.40. The first-order chi connectivity index (χ1) is 8.29. The van der Waals surface area contributed by atoms with Gasteiger partial charge in [-0.1, -0.05) is 6.07 Å². The van der Waals surface area contributed by atoms with Gasteiger partial charge in [-0.15, -0.1) is 0 Å². The molecule has 2 aromatic heterocycles. The van der Waals surface area contributed by atoms with Gasteiger partial charge in [-0.3, -0.25) is 9.67 Å². The molecule has 90 valence electrons. The second-order valence-electron chi connectivity index (χ2n) is 4.05. The quantitative estimate of drug-likeness (QED) is 0.818. The van der Waals surface area contributed by atoms with Crippen LogP contribution in [0.3, 0.4) is 0 Å². The molecule has 0 spiro atoms. The number of hydrogen-bond donors (Lipinski definition) is 1. The van der Waals surface area contributed by atoms with E-state index in [1.54, 1.807) is 12.5 Å². The monoisotopic (exact) mass is 231 g/mol. The smallest absolute Gasteiger partial charge is 0.138 e. The Hall–Kier alpha value is -1.75. The van der Waals surface area contributed by atoms with Crippen molar-refractivity contribution in [2.24, 2.45) is 7.05 Å². The molecule has 0 aliphatic carbocycles. The third-order valence-corrected chi connectivity index (χ3v) is 2.85. The minimum Gasteiger partial charge on any atom is -0.316 e. The summed E-state index contributed by atoms with van der Waals surface area (Å²) in [5, 5.41) is 7.38. The van der Waals surface area contributed by atoms with Gasteiger partial charge in [0.25, 0.3) is 0 Å². The summed E-state index contributed by atoms with van der Waals surface area (Å²) < 4.78 is 1.81. The predicted molar refractivity (Wildman–Crippen MR) is 65.5 cm³/mol. The molecule has 0 saturated heterocycles. The van der Waals surface area contributed by atoms with Gasteiger partial charge in [-0.2, -0.15) is 5.10 Å². The summed E-state index contributed by atoms with van der Waals surface area (Å²) in [6.07, 6.45) is 7.09. The highest BCUT2D eigenvalue weighted by molar-refractivity contribution is 5.10. The van der Waals surface area contributed by atoms with Crippen LogP contribution in [0.2, 0.25) is 0 Å². The van der Waals surface area contributed by atoms with Gasteiger partial charge in [0, 0.05) is 31.9 Å². The Labute approximate surface area is 101 Å². The van der Waals surface area contributed by atoms with Crippen LogP contribution in [-0.4, -0.2) is 32.8 Å². The zero-order valence-corrected chi connectivity index (χ0v) is 10.2. The highest BCUT2D eigenvalue weighted by atomic mass is 15.3. The van der Waals surface area contributed by atoms with E-state index >= 15 is 0 Å². The fourth-order valence-corrected chi connectivity index (χ4v) is 1.81. The Morgan fingerprint density at radius 1 is 1.41 bits per heavy atom. The topological polar surface area (TPSA) is 55.6 Å². The van der Waals surface area contributed by atoms with E-state index in [4.69, 9.17) is 0 Å². The van der Waals surface area contributed by atoms with Crippen molar-refractivity contribution in [3.05, 3.63) is 42.2 Å². The molecule has 0 saturated carbocycles. The zero-order chi connectivity index (χ0) is 12.1. The molecule has 2 aromatic rings. The summed E-state index contributed by atoms with van der Waals surface area (Å²) in [5.74, 6) is 0.994. The molecule has 0 aromatic carbocycles. The number of hydrogen-bond acceptors (Lipinski definition) is 4. The van der Waals surface area contributed by atoms with Crippen LogP contribution in [0, 0.1) is 0 Å². The minimum absolute atomic E-state index is 0.349. The molecule has 0 radical (unpaired) electrons. The van der Waals surface area contributed by atoms with Gasteiger partial charge in [0.05, 0.1) is 0 Å². The van der Waals surface area contributed by atoms with Crippen molar-refractivity contribution >= 4 is 0 Å². The van der Waals surface area contributed by atoms with Crippen LogP contribution >= 0.6 is 0 Å². The highest BCUT2D eigenvalue weighted by Gasteiger charge is 2.11. The van der Waals surface area contributed by atoms with E-state index in [0.29, 0.717) is 6.04 Å². The largest absolute Gasteiger partial charge is 0.316 e. The van der Waals surface area contributed by atoms with E-state index in [0.717, 1.165) is 18.7 Å². The maximum atomic E-state index is 4.24. The number of pyridine rings is 1. The Balaban J connectivity index is 2.00. The first-order valence-corrected chi connectivity index (χ1v) is 5.68. The third kappa shape index (κ3) is 3.10. The van der Waals surface area contributed by atoms with Crippen molar-refractivity contribution in [2.75, 3.05) is 7.05 Å². The fraction of sp³-hybridized carbons (Fsp3) is 0.417. The van der Waals surface area contributed by atoms with Crippen molar-refractivity contribution in [1.82, 2.24) is 25.1 Å². The van der Waals surface area contributed by atoms with Gasteiger partial charge in [0.1, 0.15) is 12.2 Å². The van der Waals surface area contributed by atoms with Crippen LogP contribution in [-0.2, 0) is 19.9 Å². The van der Waals surface area contributed by atoms with E-state index in [2.05, 4.69) is 26.4 Å². The highest BCUT2D eigenvalue weighted by Crippen LogP contribution is 2.05. The lowest BCUT2D eigenvalue weighted by atomic mass is 10.0. The second kappa shape index (κ2) is 5.54. The lowest BCUT2D eigenvalue weighted by molar-refractivity contribution is 0.526. The normalized spacial score (nSPS) is 12.6. The summed E-state index contributed by atoms with van der Waals surface area (Å²) in [6.45, 7) is 0. The first kappa shape index (κ1) is 11.7. The van der Waals surface area contributed by atoms with Gasteiger partial charge in [-0.25, -0.2) is 4.98 Å². The molecule has 5 nitrogen and oxygen atoms in total. The van der Waals surface area contributed by atoms with Crippen LogP contribution in [0.4, 0.5) is 0 Å². The van der Waals surface area contributed by atoms with Crippen molar-refractivity contribution in [3.8, 4) is 0 Å². The third-order valence-electron chi connectivity index (χ3n) is 2.85. The summed E-state index contributed by atoms with van der Waals surface area (Å²) in [5.41, 5.74) is 1.23. The van der Waals surface area contributed by atoms with Crippen LogP contribution in [0.1, 0.15) is 11.4 Å². The molecule has 0 aliphatic rings. The Kier molecular flexibility index (Phi) is 3.82. The number of likely N-dealkylation sites (N-methyl/N-ethyl adjacent to an activating group) is 1. The average molecular weight is 231 g/mol. The SMILES string of the molecule is CNC(Cc1cccnc1)Cc1ncnn1C. The van der Waals surface area contributed by atoms with Crippen LogP contribution < -0.4 is 5.32 Å². The van der Waals surface area contributed by atoms with Crippen LogP contribution in [0.25, 0.3) is 0 Å². The lowest BCUT2D eigenvalue weighted by Gasteiger charge is -2.15. The van der Waals surface area contributed by atoms with Crippen molar-refractivity contribution < 1.29 is 0 Å². The van der Waals surface area contributed by atoms with Gasteiger partial charge < -0.3 is 5.32 Å². The molecular formula is C12H17N5. The standard InChI is InChI=1S/C12H17N5/c1-13-11(6-10-4-3-5-14-8-10)7-12-15-9-16-17(12)2/h3-5,8-9,11,13H,6-7H2,1-2H3. The average Bonchev–Trinajstić information content (AvgIpc) is 2.75. The number of aromatic nitrogens is 4. The number of rotatable bonds is 5. The summed E-state index contributed by atoms with van der Waals surface area (Å²) >= 11 is 0. The molecule has 0 aliphatic heterocycles. The summed E-state index contributed by atoms with van der Waals surface area (Å²) in [7, 11) is 3.89. The maximum absolute atomic E-state index is 4.24. The molecular weight excluding hydrogens is 214 g/mol. The van der Waals surface area contributed by atoms with E-state index in [1.165, 1.54) is 5.56 Å². The van der Waals surface area contributed by atoms with E-state index in [9.17, 15) is 0 Å². The van der Waals surface area contributed by atoms with Gasteiger partial charge in [0.15, 0.2) is 0 Å². The predicted octanol–water partition coefficient (Wildman–Crippen LogP) is 0.583. The number of nitrogens with one attached hydrogen (secondary N) is 1. The van der Waals surface area contributed by atoms with Crippen molar-refractivity contribution in [3.63, 3.8) is 0 Å². The minimum atomic E-state index is 0.349. The van der Waals surface area contributed by atoms with Crippen molar-refractivity contribution in [2.45, 2.75) is 18.9 Å². The molecule has 0 fully saturated rings. The van der Waals surface area contributed by atoms with E-state index in [1.807, 2.05) is 31.0 Å². The van der Waals surface area contributed by atoms with Crippen molar-refractivity contribution in [1.29, 1.82) is 0 Å². The molecule has 17 heavy (non-hydrogen) atoms. The second-order valence-corrected chi connectivity index (χ2v) is 4.05. The molecule has 1 unspecified atom stereocenters. The molecule has 0 bridgehead atoms. The molecule has 5 heteroatoms. The maximum Gasteiger partial charge on any atom is 0.138 e. The van der Waals surface area contributed by atoms with Crippen LogP contribution in [0.5, 0.6) is 0 Å². The molecule has 2 heterocycles. The molecule has 1 atom stereocenters. The lowest BCUT2D eigenvalue weighted by Crippen LogP contribution is -2.31. The molecule has 1 N–H and O–H groups in total. The Morgan fingerprint density at radius 2 is 2.29 bits per heavy atom. The van der Waals surface area contributed by atoms with Gasteiger partial charge in [0.2, 0.25) is 0 Å². The Bertz CT molecular complexity index is 451. The summed E-state index contributed by atoms with van der Waals surface area (Å²) in [4.78, 5) is 8.37. The number of aryl methyl sites for hydroxylation is 1. The van der Waals surface area contributed by atoms with E-state index in [-0.39, 0.29) is 0 Å². The zero-order valence-electron chi connectivity index (χ0n) is 10.2. The van der Waals surface area contributed by atoms with Crippen LogP contribution in [0.15, 0.2) is 30.9 Å². The number of nitrogens with zero attached hydrogens (tertiary/aromatic N) is 4. The van der Waals surface area contributed by atoms with Gasteiger partial charge >= 0.3 is 0 Å². The molecule has 2 rings (SSSR count). The fourth-order valence-electron chi connectivity index (χ4n) is 1.81.